The van der Waals surface area contributed by atoms with Crippen molar-refractivity contribution >= 4 is 5.91 Å². The summed E-state index contributed by atoms with van der Waals surface area (Å²) >= 11 is 0. The van der Waals surface area contributed by atoms with Crippen molar-refractivity contribution in [2.75, 3.05) is 13.7 Å². The van der Waals surface area contributed by atoms with E-state index in [1.54, 1.807) is 7.05 Å². The Morgan fingerprint density at radius 3 is 3.19 bits per heavy atom. The number of nitrogens with two attached hydrogens (primary N) is 1. The molecule has 2 rings (SSSR count). The number of carbonyl (C=O) groups excluding carboxylic acids is 1. The first-order valence-electron chi connectivity index (χ1n) is 5.42. The molecule has 0 saturated carbocycles. The molecule has 1 aromatic carbocycles. The van der Waals surface area contributed by atoms with E-state index in [0.29, 0.717) is 0 Å². The lowest BCUT2D eigenvalue weighted by Gasteiger charge is -2.08. The van der Waals surface area contributed by atoms with Gasteiger partial charge < -0.3 is 15.8 Å². The Bertz CT molecular complexity index is 404. The van der Waals surface area contributed by atoms with E-state index >= 15 is 0 Å². The Kier molecular flexibility index (Phi) is 3.10. The second-order valence-electron chi connectivity index (χ2n) is 3.97. The maximum Gasteiger partial charge on any atom is 0.257 e. The lowest BCUT2D eigenvalue weighted by Crippen LogP contribution is -2.24. The molecule has 1 unspecified atom stereocenters. The van der Waals surface area contributed by atoms with Crippen LogP contribution in [0.5, 0.6) is 5.75 Å². The SMILES string of the molecule is CNC(=O)COc1ccc2c(c1)CCC2N. The summed E-state index contributed by atoms with van der Waals surface area (Å²) in [5.74, 6) is 0.605. The lowest BCUT2D eigenvalue weighted by molar-refractivity contribution is -0.122. The summed E-state index contributed by atoms with van der Waals surface area (Å²) in [6.07, 6.45) is 1.99. The van der Waals surface area contributed by atoms with Gasteiger partial charge in [0, 0.05) is 13.1 Å². The predicted molar refractivity (Wildman–Crippen MR) is 61.3 cm³/mol. The van der Waals surface area contributed by atoms with E-state index in [-0.39, 0.29) is 18.6 Å². The summed E-state index contributed by atoms with van der Waals surface area (Å²) in [5.41, 5.74) is 8.37. The monoisotopic (exact) mass is 220 g/mol. The van der Waals surface area contributed by atoms with Crippen LogP contribution in [0.25, 0.3) is 0 Å². The van der Waals surface area contributed by atoms with Crippen LogP contribution in [0.4, 0.5) is 0 Å². The number of rotatable bonds is 3. The molecule has 0 aromatic heterocycles. The van der Waals surface area contributed by atoms with Gasteiger partial charge in [0.1, 0.15) is 5.75 Å². The highest BCUT2D eigenvalue weighted by Gasteiger charge is 2.19. The molecule has 0 spiro atoms. The Hall–Kier alpha value is -1.55. The number of hydrogen-bond donors (Lipinski definition) is 2. The first kappa shape index (κ1) is 11.0. The van der Waals surface area contributed by atoms with E-state index in [9.17, 15) is 4.79 Å². The Labute approximate surface area is 94.8 Å². The van der Waals surface area contributed by atoms with Gasteiger partial charge >= 0.3 is 0 Å². The second kappa shape index (κ2) is 4.53. The number of aryl methyl sites for hydroxylation is 1. The van der Waals surface area contributed by atoms with E-state index in [0.717, 1.165) is 18.6 Å². The minimum absolute atomic E-state index is 0.0569. The molecule has 4 nitrogen and oxygen atoms in total. The summed E-state index contributed by atoms with van der Waals surface area (Å²) in [6, 6.07) is 5.99. The van der Waals surface area contributed by atoms with Crippen molar-refractivity contribution in [3.8, 4) is 5.75 Å². The number of ether oxygens (including phenoxy) is 1. The zero-order valence-corrected chi connectivity index (χ0v) is 9.32. The number of likely N-dealkylation sites (N-methyl/N-ethyl adjacent to an activating group) is 1. The first-order valence-corrected chi connectivity index (χ1v) is 5.42. The Balaban J connectivity index is 2.05. The molecule has 1 aliphatic rings. The molecular formula is C12H16N2O2. The van der Waals surface area contributed by atoms with Crippen LogP contribution in [0.2, 0.25) is 0 Å². The molecule has 86 valence electrons. The maximum absolute atomic E-state index is 11.0. The van der Waals surface area contributed by atoms with Crippen molar-refractivity contribution in [1.82, 2.24) is 5.32 Å². The topological polar surface area (TPSA) is 64.3 Å². The molecule has 1 aliphatic carbocycles. The molecule has 4 heteroatoms. The van der Waals surface area contributed by atoms with Crippen LogP contribution in [0.3, 0.4) is 0 Å². The fraction of sp³-hybridized carbons (Fsp3) is 0.417. The molecule has 16 heavy (non-hydrogen) atoms. The quantitative estimate of drug-likeness (QED) is 0.790. The molecule has 1 atom stereocenters. The van der Waals surface area contributed by atoms with Gasteiger partial charge in [-0.3, -0.25) is 4.79 Å². The Morgan fingerprint density at radius 1 is 1.62 bits per heavy atom. The van der Waals surface area contributed by atoms with Crippen molar-refractivity contribution in [3.63, 3.8) is 0 Å². The van der Waals surface area contributed by atoms with Gasteiger partial charge in [0.05, 0.1) is 0 Å². The van der Waals surface area contributed by atoms with Gasteiger partial charge in [-0.15, -0.1) is 0 Å². The zero-order valence-electron chi connectivity index (χ0n) is 9.32. The molecule has 1 aromatic rings. The van der Waals surface area contributed by atoms with Gasteiger partial charge in [-0.1, -0.05) is 6.07 Å². The largest absolute Gasteiger partial charge is 0.484 e. The minimum atomic E-state index is -0.128. The highest BCUT2D eigenvalue weighted by atomic mass is 16.5. The number of nitrogens with one attached hydrogen (secondary N) is 1. The van der Waals surface area contributed by atoms with Gasteiger partial charge in [0.25, 0.3) is 5.91 Å². The molecule has 0 radical (unpaired) electrons. The number of carbonyl (C=O) groups is 1. The third-order valence-electron chi connectivity index (χ3n) is 2.89. The van der Waals surface area contributed by atoms with Gasteiger partial charge in [-0.05, 0) is 36.1 Å². The molecule has 3 N–H and O–H groups in total. The minimum Gasteiger partial charge on any atom is -0.484 e. The van der Waals surface area contributed by atoms with E-state index in [2.05, 4.69) is 5.32 Å². The van der Waals surface area contributed by atoms with Crippen LogP contribution >= 0.6 is 0 Å². The van der Waals surface area contributed by atoms with Crippen LogP contribution in [-0.2, 0) is 11.2 Å². The highest BCUT2D eigenvalue weighted by Crippen LogP contribution is 2.31. The fourth-order valence-electron chi connectivity index (χ4n) is 1.94. The van der Waals surface area contributed by atoms with Crippen LogP contribution in [0.15, 0.2) is 18.2 Å². The molecule has 1 amide bonds. The van der Waals surface area contributed by atoms with Crippen molar-refractivity contribution in [2.45, 2.75) is 18.9 Å². The van der Waals surface area contributed by atoms with Gasteiger partial charge in [-0.2, -0.15) is 0 Å². The summed E-state index contributed by atoms with van der Waals surface area (Å²) < 4.78 is 5.37. The molecule has 0 fully saturated rings. The smallest absolute Gasteiger partial charge is 0.257 e. The van der Waals surface area contributed by atoms with Crippen molar-refractivity contribution in [1.29, 1.82) is 0 Å². The first-order chi connectivity index (χ1) is 7.70. The van der Waals surface area contributed by atoms with Crippen molar-refractivity contribution < 1.29 is 9.53 Å². The van der Waals surface area contributed by atoms with Crippen molar-refractivity contribution in [2.24, 2.45) is 5.73 Å². The highest BCUT2D eigenvalue weighted by molar-refractivity contribution is 5.77. The number of benzene rings is 1. The molecule has 0 aliphatic heterocycles. The third-order valence-corrected chi connectivity index (χ3v) is 2.89. The number of amides is 1. The predicted octanol–water partition coefficient (Wildman–Crippen LogP) is 0.757. The van der Waals surface area contributed by atoms with Crippen LogP contribution < -0.4 is 15.8 Å². The second-order valence-corrected chi connectivity index (χ2v) is 3.97. The Morgan fingerprint density at radius 2 is 2.44 bits per heavy atom. The van der Waals surface area contributed by atoms with E-state index in [4.69, 9.17) is 10.5 Å². The van der Waals surface area contributed by atoms with Crippen molar-refractivity contribution in [3.05, 3.63) is 29.3 Å². The molecule has 0 saturated heterocycles. The third kappa shape index (κ3) is 2.17. The van der Waals surface area contributed by atoms with Crippen LogP contribution in [-0.4, -0.2) is 19.6 Å². The average Bonchev–Trinajstić information content (AvgIpc) is 2.67. The van der Waals surface area contributed by atoms with Crippen LogP contribution in [0.1, 0.15) is 23.6 Å². The fourth-order valence-corrected chi connectivity index (χ4v) is 1.94. The molecule has 0 bridgehead atoms. The summed E-state index contributed by atoms with van der Waals surface area (Å²) in [6.45, 7) is 0.0569. The van der Waals surface area contributed by atoms with Gasteiger partial charge in [0.2, 0.25) is 0 Å². The van der Waals surface area contributed by atoms with Gasteiger partial charge in [0.15, 0.2) is 6.61 Å². The van der Waals surface area contributed by atoms with Crippen LogP contribution in [0, 0.1) is 0 Å². The van der Waals surface area contributed by atoms with E-state index in [1.807, 2.05) is 18.2 Å². The standard InChI is InChI=1S/C12H16N2O2/c1-14-12(15)7-16-9-3-4-10-8(6-9)2-5-11(10)13/h3-4,6,11H,2,5,7,13H2,1H3,(H,14,15). The maximum atomic E-state index is 11.0. The summed E-state index contributed by atoms with van der Waals surface area (Å²) in [7, 11) is 1.59. The number of hydrogen-bond acceptors (Lipinski definition) is 3. The number of fused-ring (bicyclic) bond motifs is 1. The van der Waals surface area contributed by atoms with E-state index in [1.165, 1.54) is 11.1 Å². The molecule has 0 heterocycles. The average molecular weight is 220 g/mol. The summed E-state index contributed by atoms with van der Waals surface area (Å²) in [4.78, 5) is 11.0. The normalized spacial score (nSPS) is 18.0. The zero-order chi connectivity index (χ0) is 11.5. The molecular weight excluding hydrogens is 204 g/mol. The lowest BCUT2D eigenvalue weighted by atomic mass is 10.1. The summed E-state index contributed by atoms with van der Waals surface area (Å²) in [5, 5.41) is 2.51. The van der Waals surface area contributed by atoms with Gasteiger partial charge in [-0.25, -0.2) is 0 Å². The van der Waals surface area contributed by atoms with E-state index < -0.39 is 0 Å².